The number of likely N-dealkylation sites (N-methyl/N-ethyl adjacent to an activating group) is 1. The number of carbonyl (C=O) groups excluding carboxylic acids is 2. The fourth-order valence-electron chi connectivity index (χ4n) is 3.43. The predicted molar refractivity (Wildman–Crippen MR) is 115 cm³/mol. The summed E-state index contributed by atoms with van der Waals surface area (Å²) < 4.78 is 6.16. The van der Waals surface area contributed by atoms with Gasteiger partial charge in [-0.05, 0) is 43.9 Å². The molecule has 0 radical (unpaired) electrons. The standard InChI is InChI=1S/C22H23BrN2O4/c1-24(2)11-12-25-19(14-7-6-8-15(23)13-14)18(21(27)22(25)28)20(26)16-9-4-5-10-17(16)29-3/h4-10,13,19,26H,11-12H2,1-3H3/b20-18+. The second-order valence-corrected chi connectivity index (χ2v) is 7.97. The third kappa shape index (κ3) is 4.21. The van der Waals surface area contributed by atoms with E-state index < -0.39 is 17.7 Å². The molecule has 1 aliphatic heterocycles. The summed E-state index contributed by atoms with van der Waals surface area (Å²) in [6.07, 6.45) is 0. The second-order valence-electron chi connectivity index (χ2n) is 7.05. The lowest BCUT2D eigenvalue weighted by atomic mass is 9.95. The number of Topliss-reactive ketones (excluding diaryl/α,β-unsaturated/α-hetero) is 1. The molecule has 6 nitrogen and oxygen atoms in total. The van der Waals surface area contributed by atoms with Crippen molar-refractivity contribution in [2.45, 2.75) is 6.04 Å². The summed E-state index contributed by atoms with van der Waals surface area (Å²) in [6, 6.07) is 13.6. The molecule has 3 rings (SSSR count). The Morgan fingerprint density at radius 3 is 2.55 bits per heavy atom. The van der Waals surface area contributed by atoms with Gasteiger partial charge in [-0.3, -0.25) is 9.59 Å². The number of nitrogens with zero attached hydrogens (tertiary/aromatic N) is 2. The normalized spacial score (nSPS) is 18.5. The van der Waals surface area contributed by atoms with Crippen molar-refractivity contribution in [3.63, 3.8) is 0 Å². The summed E-state index contributed by atoms with van der Waals surface area (Å²) >= 11 is 3.45. The molecule has 1 aliphatic rings. The smallest absolute Gasteiger partial charge is 0.295 e. The first-order chi connectivity index (χ1) is 13.8. The van der Waals surface area contributed by atoms with Gasteiger partial charge < -0.3 is 19.6 Å². The summed E-state index contributed by atoms with van der Waals surface area (Å²) in [5, 5.41) is 11.1. The lowest BCUT2D eigenvalue weighted by molar-refractivity contribution is -0.140. The fourth-order valence-corrected chi connectivity index (χ4v) is 3.84. The van der Waals surface area contributed by atoms with Crippen molar-refractivity contribution < 1.29 is 19.4 Å². The minimum atomic E-state index is -0.697. The number of ketones is 1. The third-order valence-corrected chi connectivity index (χ3v) is 5.35. The van der Waals surface area contributed by atoms with Crippen molar-refractivity contribution in [3.05, 3.63) is 69.7 Å². The molecular weight excluding hydrogens is 436 g/mol. The van der Waals surface area contributed by atoms with Gasteiger partial charge in [0.15, 0.2) is 0 Å². The molecule has 2 aromatic carbocycles. The first-order valence-corrected chi connectivity index (χ1v) is 9.96. The first-order valence-electron chi connectivity index (χ1n) is 9.17. The van der Waals surface area contributed by atoms with Gasteiger partial charge in [0.2, 0.25) is 0 Å². The van der Waals surface area contributed by atoms with Crippen LogP contribution in [0.1, 0.15) is 17.2 Å². The van der Waals surface area contributed by atoms with Gasteiger partial charge in [-0.1, -0.05) is 40.2 Å². The van der Waals surface area contributed by atoms with E-state index in [2.05, 4.69) is 15.9 Å². The van der Waals surface area contributed by atoms with Gasteiger partial charge in [-0.25, -0.2) is 0 Å². The SMILES string of the molecule is COc1ccccc1/C(O)=C1\C(=O)C(=O)N(CCN(C)C)C1c1cccc(Br)c1. The molecule has 29 heavy (non-hydrogen) atoms. The molecular formula is C22H23BrN2O4. The quantitative estimate of drug-likeness (QED) is 0.407. The maximum absolute atomic E-state index is 13.0. The van der Waals surface area contributed by atoms with Crippen molar-refractivity contribution >= 4 is 33.4 Å². The van der Waals surface area contributed by atoms with Gasteiger partial charge in [-0.2, -0.15) is 0 Å². The van der Waals surface area contributed by atoms with Crippen molar-refractivity contribution in [1.29, 1.82) is 0 Å². The molecule has 2 aromatic rings. The minimum Gasteiger partial charge on any atom is -0.507 e. The predicted octanol–water partition coefficient (Wildman–Crippen LogP) is 3.44. The van der Waals surface area contributed by atoms with Crippen LogP contribution >= 0.6 is 15.9 Å². The lowest BCUT2D eigenvalue weighted by Crippen LogP contribution is -2.35. The molecule has 0 spiro atoms. The number of halogens is 1. The van der Waals surface area contributed by atoms with Crippen LogP contribution in [0.25, 0.3) is 5.76 Å². The summed E-state index contributed by atoms with van der Waals surface area (Å²) in [4.78, 5) is 29.3. The van der Waals surface area contributed by atoms with Crippen molar-refractivity contribution in [2.24, 2.45) is 0 Å². The van der Waals surface area contributed by atoms with Gasteiger partial charge in [0.25, 0.3) is 11.7 Å². The van der Waals surface area contributed by atoms with Crippen LogP contribution in [-0.4, -0.2) is 60.9 Å². The molecule has 1 unspecified atom stereocenters. The van der Waals surface area contributed by atoms with E-state index in [0.29, 0.717) is 24.4 Å². The average Bonchev–Trinajstić information content (AvgIpc) is 2.96. The molecule has 1 fully saturated rings. The summed E-state index contributed by atoms with van der Waals surface area (Å²) in [5.74, 6) is -1.12. The van der Waals surface area contributed by atoms with Crippen LogP contribution < -0.4 is 4.74 Å². The largest absolute Gasteiger partial charge is 0.507 e. The molecule has 1 heterocycles. The van der Waals surface area contributed by atoms with Gasteiger partial charge in [0.1, 0.15) is 11.5 Å². The number of hydrogen-bond acceptors (Lipinski definition) is 5. The van der Waals surface area contributed by atoms with E-state index in [1.165, 1.54) is 12.0 Å². The number of rotatable bonds is 6. The Kier molecular flexibility index (Phi) is 6.39. The lowest BCUT2D eigenvalue weighted by Gasteiger charge is -2.26. The van der Waals surface area contributed by atoms with Crippen LogP contribution in [0.3, 0.4) is 0 Å². The number of methoxy groups -OCH3 is 1. The Labute approximate surface area is 178 Å². The summed E-state index contributed by atoms with van der Waals surface area (Å²) in [6.45, 7) is 0.948. The zero-order valence-electron chi connectivity index (χ0n) is 16.6. The van der Waals surface area contributed by atoms with Crippen LogP contribution in [0.15, 0.2) is 58.6 Å². The Bertz CT molecular complexity index is 971. The molecule has 0 aliphatic carbocycles. The van der Waals surface area contributed by atoms with Crippen molar-refractivity contribution in [1.82, 2.24) is 9.80 Å². The highest BCUT2D eigenvalue weighted by atomic mass is 79.9. The molecule has 1 N–H and O–H groups in total. The van der Waals surface area contributed by atoms with E-state index in [0.717, 1.165) is 10.0 Å². The number of ether oxygens (including phenoxy) is 1. The Morgan fingerprint density at radius 2 is 1.90 bits per heavy atom. The number of likely N-dealkylation sites (tertiary alicyclic amines) is 1. The Balaban J connectivity index is 2.19. The molecule has 0 aromatic heterocycles. The van der Waals surface area contributed by atoms with E-state index in [4.69, 9.17) is 4.74 Å². The summed E-state index contributed by atoms with van der Waals surface area (Å²) in [5.41, 5.74) is 1.19. The molecule has 1 atom stereocenters. The highest BCUT2D eigenvalue weighted by Crippen LogP contribution is 2.41. The average molecular weight is 459 g/mol. The maximum atomic E-state index is 13.0. The number of carbonyl (C=O) groups is 2. The van der Waals surface area contributed by atoms with E-state index in [1.807, 2.05) is 43.3 Å². The second kappa shape index (κ2) is 8.80. The number of hydrogen-bond donors (Lipinski definition) is 1. The van der Waals surface area contributed by atoms with E-state index >= 15 is 0 Å². The molecule has 7 heteroatoms. The fraction of sp³-hybridized carbons (Fsp3) is 0.273. The van der Waals surface area contributed by atoms with E-state index in [1.54, 1.807) is 24.3 Å². The zero-order valence-corrected chi connectivity index (χ0v) is 18.1. The number of amides is 1. The molecule has 152 valence electrons. The van der Waals surface area contributed by atoms with Gasteiger partial charge in [-0.15, -0.1) is 0 Å². The molecule has 1 saturated heterocycles. The number of benzene rings is 2. The Hall–Kier alpha value is -2.64. The van der Waals surface area contributed by atoms with Crippen molar-refractivity contribution in [2.75, 3.05) is 34.3 Å². The number of aliphatic hydroxyl groups excluding tert-OH is 1. The monoisotopic (exact) mass is 458 g/mol. The zero-order chi connectivity index (χ0) is 21.1. The Morgan fingerprint density at radius 1 is 1.17 bits per heavy atom. The maximum Gasteiger partial charge on any atom is 0.295 e. The summed E-state index contributed by atoms with van der Waals surface area (Å²) in [7, 11) is 5.30. The van der Waals surface area contributed by atoms with Crippen LogP contribution in [-0.2, 0) is 9.59 Å². The van der Waals surface area contributed by atoms with Gasteiger partial charge in [0, 0.05) is 17.6 Å². The van der Waals surface area contributed by atoms with Crippen LogP contribution in [0.5, 0.6) is 5.75 Å². The van der Waals surface area contributed by atoms with Gasteiger partial charge >= 0.3 is 0 Å². The van der Waals surface area contributed by atoms with Crippen LogP contribution in [0, 0.1) is 0 Å². The first kappa shape index (κ1) is 21.1. The van der Waals surface area contributed by atoms with Crippen molar-refractivity contribution in [3.8, 4) is 5.75 Å². The van der Waals surface area contributed by atoms with Crippen LogP contribution in [0.4, 0.5) is 0 Å². The van der Waals surface area contributed by atoms with E-state index in [-0.39, 0.29) is 11.3 Å². The molecule has 0 saturated carbocycles. The topological polar surface area (TPSA) is 70.1 Å². The van der Waals surface area contributed by atoms with Gasteiger partial charge in [0.05, 0.1) is 24.3 Å². The highest BCUT2D eigenvalue weighted by molar-refractivity contribution is 9.10. The number of aliphatic hydroxyl groups is 1. The highest BCUT2D eigenvalue weighted by Gasteiger charge is 2.46. The molecule has 1 amide bonds. The van der Waals surface area contributed by atoms with Crippen LogP contribution in [0.2, 0.25) is 0 Å². The molecule has 0 bridgehead atoms. The third-order valence-electron chi connectivity index (χ3n) is 4.85. The minimum absolute atomic E-state index is 0.0661. The van der Waals surface area contributed by atoms with E-state index in [9.17, 15) is 14.7 Å². The number of para-hydroxylation sites is 1.